The largest absolute Gasteiger partial charge is 0.488 e. The molecule has 6 nitrogen and oxygen atoms in total. The van der Waals surface area contributed by atoms with Crippen molar-refractivity contribution in [1.29, 1.82) is 0 Å². The van der Waals surface area contributed by atoms with E-state index in [4.69, 9.17) is 9.84 Å². The average Bonchev–Trinajstić information content (AvgIpc) is 2.59. The summed E-state index contributed by atoms with van der Waals surface area (Å²) in [4.78, 5) is 24.1. The predicted octanol–water partition coefficient (Wildman–Crippen LogP) is 2.82. The van der Waals surface area contributed by atoms with Crippen LogP contribution in [0.15, 0.2) is 36.4 Å². The number of hydrogen-bond acceptors (Lipinski definition) is 4. The van der Waals surface area contributed by atoms with Gasteiger partial charge in [-0.2, -0.15) is 0 Å². The lowest BCUT2D eigenvalue weighted by atomic mass is 10.1. The van der Waals surface area contributed by atoms with Crippen molar-refractivity contribution in [3.05, 3.63) is 64.2 Å². The number of aryl methyl sites for hydroxylation is 3. The van der Waals surface area contributed by atoms with Crippen LogP contribution in [0.1, 0.15) is 27.8 Å². The minimum atomic E-state index is -1.05. The Labute approximate surface area is 166 Å². The highest BCUT2D eigenvalue weighted by molar-refractivity contribution is 5.82. The van der Waals surface area contributed by atoms with Crippen molar-refractivity contribution in [2.75, 3.05) is 20.1 Å². The topological polar surface area (TPSA) is 78.9 Å². The summed E-state index contributed by atoms with van der Waals surface area (Å²) >= 11 is 0. The van der Waals surface area contributed by atoms with Crippen LogP contribution >= 0.6 is 0 Å². The monoisotopic (exact) mass is 384 g/mol. The van der Waals surface area contributed by atoms with Crippen LogP contribution < -0.4 is 10.1 Å². The van der Waals surface area contributed by atoms with Crippen LogP contribution in [0.25, 0.3) is 0 Å². The third-order valence-electron chi connectivity index (χ3n) is 4.29. The van der Waals surface area contributed by atoms with Crippen LogP contribution in [0.5, 0.6) is 5.75 Å². The Hall–Kier alpha value is -2.86. The van der Waals surface area contributed by atoms with Crippen LogP contribution in [0.4, 0.5) is 0 Å². The van der Waals surface area contributed by atoms with E-state index in [0.717, 1.165) is 28.0 Å². The van der Waals surface area contributed by atoms with Crippen LogP contribution in [-0.2, 0) is 22.7 Å². The van der Waals surface area contributed by atoms with E-state index in [9.17, 15) is 9.59 Å². The first-order valence-electron chi connectivity index (χ1n) is 9.20. The van der Waals surface area contributed by atoms with Crippen LogP contribution in [0.3, 0.4) is 0 Å². The molecular weight excluding hydrogens is 356 g/mol. The summed E-state index contributed by atoms with van der Waals surface area (Å²) in [6.07, 6.45) is 0. The van der Waals surface area contributed by atoms with Crippen molar-refractivity contribution in [2.24, 2.45) is 0 Å². The fourth-order valence-corrected chi connectivity index (χ4v) is 3.16. The normalized spacial score (nSPS) is 10.8. The molecule has 0 bridgehead atoms. The van der Waals surface area contributed by atoms with Crippen LogP contribution in [0, 0.1) is 20.8 Å². The summed E-state index contributed by atoms with van der Waals surface area (Å²) in [6, 6.07) is 12.4. The van der Waals surface area contributed by atoms with Gasteiger partial charge < -0.3 is 15.2 Å². The molecule has 0 aliphatic rings. The minimum absolute atomic E-state index is 0.136. The number of likely N-dealkylation sites (N-methyl/N-ethyl adjacent to an activating group) is 1. The summed E-state index contributed by atoms with van der Waals surface area (Å²) in [5, 5.41) is 11.0. The molecule has 2 aromatic rings. The first-order valence-corrected chi connectivity index (χ1v) is 9.20. The molecule has 2 N–H and O–H groups in total. The molecule has 6 heteroatoms. The van der Waals surface area contributed by atoms with E-state index in [1.54, 1.807) is 0 Å². The Morgan fingerprint density at radius 3 is 2.36 bits per heavy atom. The summed E-state index contributed by atoms with van der Waals surface area (Å²) in [6.45, 7) is 6.97. The van der Waals surface area contributed by atoms with E-state index in [1.807, 2.05) is 31.9 Å². The third kappa shape index (κ3) is 6.70. The van der Waals surface area contributed by atoms with Gasteiger partial charge in [-0.25, -0.2) is 0 Å². The van der Waals surface area contributed by atoms with Gasteiger partial charge in [0.25, 0.3) is 0 Å². The quantitative estimate of drug-likeness (QED) is 0.695. The highest BCUT2D eigenvalue weighted by atomic mass is 16.5. The van der Waals surface area contributed by atoms with Crippen molar-refractivity contribution in [1.82, 2.24) is 10.2 Å². The Morgan fingerprint density at radius 2 is 1.75 bits per heavy atom. The minimum Gasteiger partial charge on any atom is -0.488 e. The van der Waals surface area contributed by atoms with Gasteiger partial charge in [0, 0.05) is 6.54 Å². The van der Waals surface area contributed by atoms with Crippen molar-refractivity contribution in [3.8, 4) is 5.75 Å². The molecule has 0 spiro atoms. The van der Waals surface area contributed by atoms with Gasteiger partial charge in [0.1, 0.15) is 18.9 Å². The van der Waals surface area contributed by atoms with Gasteiger partial charge in [0.2, 0.25) is 5.91 Å². The van der Waals surface area contributed by atoms with Gasteiger partial charge in [-0.3, -0.25) is 14.5 Å². The molecule has 28 heavy (non-hydrogen) atoms. The number of carbonyl (C=O) groups is 2. The van der Waals surface area contributed by atoms with E-state index in [2.05, 4.69) is 42.6 Å². The Kier molecular flexibility index (Phi) is 7.58. The maximum absolute atomic E-state index is 11.7. The number of carboxylic acids is 1. The number of aliphatic carboxylic acids is 1. The molecule has 0 aliphatic carbocycles. The number of carboxylic acid groups (broad SMARTS) is 1. The van der Waals surface area contributed by atoms with Gasteiger partial charge in [-0.1, -0.05) is 42.0 Å². The summed E-state index contributed by atoms with van der Waals surface area (Å²) in [5.74, 6) is -0.480. The predicted molar refractivity (Wildman–Crippen MR) is 108 cm³/mol. The molecule has 0 aliphatic heterocycles. The number of carbonyl (C=O) groups excluding carboxylic acids is 1. The number of nitrogens with zero attached hydrogens (tertiary/aromatic N) is 1. The Bertz CT molecular complexity index is 825. The molecule has 0 saturated heterocycles. The number of nitrogens with one attached hydrogen (secondary N) is 1. The van der Waals surface area contributed by atoms with Crippen molar-refractivity contribution in [3.63, 3.8) is 0 Å². The lowest BCUT2D eigenvalue weighted by Gasteiger charge is -2.19. The van der Waals surface area contributed by atoms with Crippen LogP contribution in [0.2, 0.25) is 0 Å². The fraction of sp³-hybridized carbons (Fsp3) is 0.364. The second-order valence-corrected chi connectivity index (χ2v) is 7.18. The van der Waals surface area contributed by atoms with Crippen molar-refractivity contribution in [2.45, 2.75) is 33.9 Å². The van der Waals surface area contributed by atoms with Gasteiger partial charge in [-0.05, 0) is 50.1 Å². The summed E-state index contributed by atoms with van der Waals surface area (Å²) in [7, 11) is 1.83. The van der Waals surface area contributed by atoms with Crippen molar-refractivity contribution < 1.29 is 19.4 Å². The number of benzene rings is 2. The highest BCUT2D eigenvalue weighted by Crippen LogP contribution is 2.26. The molecule has 2 aromatic carbocycles. The fourth-order valence-electron chi connectivity index (χ4n) is 3.16. The van der Waals surface area contributed by atoms with E-state index in [1.165, 1.54) is 5.56 Å². The van der Waals surface area contributed by atoms with Crippen LogP contribution in [-0.4, -0.2) is 42.0 Å². The van der Waals surface area contributed by atoms with Gasteiger partial charge in [0.15, 0.2) is 0 Å². The zero-order valence-corrected chi connectivity index (χ0v) is 16.9. The number of ether oxygens (including phenoxy) is 1. The van der Waals surface area contributed by atoms with E-state index in [0.29, 0.717) is 13.2 Å². The molecule has 0 heterocycles. The van der Waals surface area contributed by atoms with E-state index >= 15 is 0 Å². The summed E-state index contributed by atoms with van der Waals surface area (Å²) in [5.41, 5.74) is 5.51. The second-order valence-electron chi connectivity index (χ2n) is 7.18. The molecule has 0 aromatic heterocycles. The molecule has 0 atom stereocenters. The molecule has 2 rings (SSSR count). The number of rotatable bonds is 9. The number of hydrogen-bond donors (Lipinski definition) is 2. The van der Waals surface area contributed by atoms with E-state index < -0.39 is 5.97 Å². The third-order valence-corrected chi connectivity index (χ3v) is 4.29. The zero-order valence-electron chi connectivity index (χ0n) is 16.9. The first-order chi connectivity index (χ1) is 13.2. The highest BCUT2D eigenvalue weighted by Gasteiger charge is 2.11. The lowest BCUT2D eigenvalue weighted by Crippen LogP contribution is -2.37. The Balaban J connectivity index is 1.96. The second kappa shape index (κ2) is 9.90. The SMILES string of the molecule is Cc1cccc(COc2c(C)cc(CN(C)CC(=O)NCC(=O)O)cc2C)c1. The molecule has 1 amide bonds. The van der Waals surface area contributed by atoms with Crippen molar-refractivity contribution >= 4 is 11.9 Å². The zero-order chi connectivity index (χ0) is 20.7. The Morgan fingerprint density at radius 1 is 1.07 bits per heavy atom. The lowest BCUT2D eigenvalue weighted by molar-refractivity contribution is -0.138. The smallest absolute Gasteiger partial charge is 0.322 e. The molecule has 0 saturated carbocycles. The molecule has 0 unspecified atom stereocenters. The van der Waals surface area contributed by atoms with Gasteiger partial charge in [-0.15, -0.1) is 0 Å². The van der Waals surface area contributed by atoms with Gasteiger partial charge in [0.05, 0.1) is 6.54 Å². The first kappa shape index (κ1) is 21.4. The molecule has 0 radical (unpaired) electrons. The van der Waals surface area contributed by atoms with E-state index in [-0.39, 0.29) is 19.0 Å². The molecule has 0 fully saturated rings. The maximum Gasteiger partial charge on any atom is 0.322 e. The molecule has 150 valence electrons. The maximum atomic E-state index is 11.7. The number of amides is 1. The van der Waals surface area contributed by atoms with Gasteiger partial charge >= 0.3 is 5.97 Å². The summed E-state index contributed by atoms with van der Waals surface area (Å²) < 4.78 is 6.05. The standard InChI is InChI=1S/C22H28N2O4/c1-15-6-5-7-18(8-15)14-28-22-16(2)9-19(10-17(22)3)12-24(4)13-20(25)23-11-21(26)27/h5-10H,11-14H2,1-4H3,(H,23,25)(H,26,27). The average molecular weight is 384 g/mol. The molecular formula is C22H28N2O4.